The van der Waals surface area contributed by atoms with Crippen molar-refractivity contribution in [1.82, 2.24) is 25.5 Å². The Labute approximate surface area is 141 Å². The molecule has 0 aliphatic heterocycles. The predicted molar refractivity (Wildman–Crippen MR) is 87.7 cm³/mol. The van der Waals surface area contributed by atoms with Gasteiger partial charge in [0.2, 0.25) is 11.1 Å². The van der Waals surface area contributed by atoms with Crippen molar-refractivity contribution in [3.8, 4) is 6.07 Å². The van der Waals surface area contributed by atoms with Gasteiger partial charge < -0.3 is 5.32 Å². The molecule has 1 atom stereocenters. The van der Waals surface area contributed by atoms with Gasteiger partial charge in [-0.15, -0.1) is 5.10 Å². The van der Waals surface area contributed by atoms with Crippen LogP contribution in [0.25, 0.3) is 0 Å². The molecule has 2 rings (SSSR count). The Kier molecular flexibility index (Phi) is 5.99. The second kappa shape index (κ2) is 7.77. The maximum absolute atomic E-state index is 12.2. The summed E-state index contributed by atoms with van der Waals surface area (Å²) in [6.45, 7) is 5.83. The lowest BCUT2D eigenvalue weighted by atomic mass is 9.92. The van der Waals surface area contributed by atoms with E-state index in [2.05, 4.69) is 26.9 Å². The second-order valence-electron chi connectivity index (χ2n) is 6.72. The maximum atomic E-state index is 12.2. The standard InChI is InChI=1S/C15H24N6OS/c1-11(2)8-15(3,10-16)17-13(22)9-23-14-18-19-20-21(14)12-6-4-5-7-12/h11-12H,4-9H2,1-3H3,(H,17,22)/t15-/m0/s1. The number of hydrogen-bond donors (Lipinski definition) is 1. The van der Waals surface area contributed by atoms with Crippen molar-refractivity contribution in [3.05, 3.63) is 0 Å². The number of amides is 1. The van der Waals surface area contributed by atoms with Crippen LogP contribution in [-0.4, -0.2) is 37.4 Å². The normalized spacial score (nSPS) is 17.9. The van der Waals surface area contributed by atoms with E-state index in [0.717, 1.165) is 12.8 Å². The number of nitriles is 1. The van der Waals surface area contributed by atoms with Crippen molar-refractivity contribution in [2.75, 3.05) is 5.75 Å². The molecule has 0 bridgehead atoms. The number of hydrogen-bond acceptors (Lipinski definition) is 6. The topological polar surface area (TPSA) is 96.5 Å². The first-order valence-electron chi connectivity index (χ1n) is 8.06. The smallest absolute Gasteiger partial charge is 0.231 e. The van der Waals surface area contributed by atoms with E-state index >= 15 is 0 Å². The van der Waals surface area contributed by atoms with Crippen LogP contribution in [0.3, 0.4) is 0 Å². The molecule has 0 aromatic carbocycles. The van der Waals surface area contributed by atoms with Crippen molar-refractivity contribution < 1.29 is 4.79 Å². The molecule has 1 aromatic rings. The summed E-state index contributed by atoms with van der Waals surface area (Å²) in [4.78, 5) is 12.2. The molecule has 0 spiro atoms. The second-order valence-corrected chi connectivity index (χ2v) is 7.67. The Bertz CT molecular complexity index is 575. The third kappa shape index (κ3) is 4.93. The monoisotopic (exact) mass is 336 g/mol. The molecule has 1 heterocycles. The van der Waals surface area contributed by atoms with Crippen molar-refractivity contribution in [1.29, 1.82) is 5.26 Å². The Morgan fingerprint density at radius 1 is 1.52 bits per heavy atom. The van der Waals surface area contributed by atoms with Gasteiger partial charge in [-0.05, 0) is 42.5 Å². The lowest BCUT2D eigenvalue weighted by Gasteiger charge is -2.25. The van der Waals surface area contributed by atoms with Gasteiger partial charge in [0.1, 0.15) is 5.54 Å². The molecule has 1 N–H and O–H groups in total. The van der Waals surface area contributed by atoms with E-state index in [1.54, 1.807) is 6.92 Å². The van der Waals surface area contributed by atoms with E-state index < -0.39 is 5.54 Å². The number of rotatable bonds is 7. The minimum Gasteiger partial charge on any atom is -0.337 e. The highest BCUT2D eigenvalue weighted by molar-refractivity contribution is 7.99. The number of nitrogens with one attached hydrogen (secondary N) is 1. The number of carbonyl (C=O) groups is 1. The van der Waals surface area contributed by atoms with Gasteiger partial charge in [0, 0.05) is 0 Å². The van der Waals surface area contributed by atoms with E-state index in [4.69, 9.17) is 0 Å². The highest BCUT2D eigenvalue weighted by atomic mass is 32.2. The first-order valence-corrected chi connectivity index (χ1v) is 9.05. The zero-order chi connectivity index (χ0) is 16.9. The zero-order valence-corrected chi connectivity index (χ0v) is 14.8. The van der Waals surface area contributed by atoms with Crippen LogP contribution in [0.4, 0.5) is 0 Å². The average Bonchev–Trinajstić information content (AvgIpc) is 3.14. The van der Waals surface area contributed by atoms with Gasteiger partial charge >= 0.3 is 0 Å². The number of carbonyl (C=O) groups excluding carboxylic acids is 1. The predicted octanol–water partition coefficient (Wildman–Crippen LogP) is 2.32. The van der Waals surface area contributed by atoms with Crippen molar-refractivity contribution >= 4 is 17.7 Å². The van der Waals surface area contributed by atoms with E-state index in [9.17, 15) is 10.1 Å². The molecule has 1 aliphatic rings. The lowest BCUT2D eigenvalue weighted by Crippen LogP contribution is -2.46. The van der Waals surface area contributed by atoms with Crippen molar-refractivity contribution in [3.63, 3.8) is 0 Å². The molecule has 0 saturated heterocycles. The molecule has 1 fully saturated rings. The summed E-state index contributed by atoms with van der Waals surface area (Å²) in [6, 6.07) is 2.55. The molecular formula is C15H24N6OS. The first-order chi connectivity index (χ1) is 10.9. The highest BCUT2D eigenvalue weighted by Crippen LogP contribution is 2.31. The Morgan fingerprint density at radius 3 is 2.83 bits per heavy atom. The molecule has 1 aromatic heterocycles. The summed E-state index contributed by atoms with van der Waals surface area (Å²) >= 11 is 1.32. The summed E-state index contributed by atoms with van der Waals surface area (Å²) in [7, 11) is 0. The fourth-order valence-electron chi connectivity index (χ4n) is 3.07. The molecular weight excluding hydrogens is 312 g/mol. The molecule has 1 amide bonds. The quantitative estimate of drug-likeness (QED) is 0.768. The number of thioether (sulfide) groups is 1. The van der Waals surface area contributed by atoms with Gasteiger partial charge in [-0.3, -0.25) is 4.79 Å². The van der Waals surface area contributed by atoms with Crippen molar-refractivity contribution in [2.45, 2.75) is 69.6 Å². The van der Waals surface area contributed by atoms with Crippen molar-refractivity contribution in [2.24, 2.45) is 5.92 Å². The third-order valence-electron chi connectivity index (χ3n) is 3.94. The van der Waals surface area contributed by atoms with E-state index in [0.29, 0.717) is 23.5 Å². The first kappa shape index (κ1) is 17.7. The molecule has 8 heteroatoms. The van der Waals surface area contributed by atoms with Crippen LogP contribution in [0, 0.1) is 17.2 Å². The summed E-state index contributed by atoms with van der Waals surface area (Å²) in [6.07, 6.45) is 5.20. The van der Waals surface area contributed by atoms with Crippen LogP contribution in [0.1, 0.15) is 58.9 Å². The summed E-state index contributed by atoms with van der Waals surface area (Å²) in [5.74, 6) is 0.380. The van der Waals surface area contributed by atoms with Crippen LogP contribution < -0.4 is 5.32 Å². The summed E-state index contributed by atoms with van der Waals surface area (Å²) in [5, 5.41) is 24.6. The van der Waals surface area contributed by atoms with Gasteiger partial charge in [0.25, 0.3) is 0 Å². The molecule has 1 saturated carbocycles. The molecule has 0 unspecified atom stereocenters. The molecule has 0 radical (unpaired) electrons. The number of aromatic nitrogens is 4. The number of tetrazole rings is 1. The molecule has 1 aliphatic carbocycles. The Hall–Kier alpha value is -1.62. The van der Waals surface area contributed by atoms with Crippen LogP contribution in [0.2, 0.25) is 0 Å². The van der Waals surface area contributed by atoms with Gasteiger partial charge in [-0.25, -0.2) is 4.68 Å². The lowest BCUT2D eigenvalue weighted by molar-refractivity contribution is -0.119. The summed E-state index contributed by atoms with van der Waals surface area (Å²) < 4.78 is 1.84. The van der Waals surface area contributed by atoms with Crippen LogP contribution >= 0.6 is 11.8 Å². The minimum absolute atomic E-state index is 0.166. The SMILES string of the molecule is CC(C)C[C@@](C)(C#N)NC(=O)CSc1nnnn1C1CCCC1. The Morgan fingerprint density at radius 2 is 2.22 bits per heavy atom. The molecule has 126 valence electrons. The van der Waals surface area contributed by atoms with E-state index in [1.807, 2.05) is 18.5 Å². The fraction of sp³-hybridized carbons (Fsp3) is 0.800. The molecule has 7 nitrogen and oxygen atoms in total. The zero-order valence-electron chi connectivity index (χ0n) is 13.9. The molecule has 23 heavy (non-hydrogen) atoms. The fourth-order valence-corrected chi connectivity index (χ4v) is 3.82. The maximum Gasteiger partial charge on any atom is 0.231 e. The van der Waals surface area contributed by atoms with E-state index in [1.165, 1.54) is 24.6 Å². The number of nitrogens with zero attached hydrogens (tertiary/aromatic N) is 5. The van der Waals surface area contributed by atoms with Gasteiger partial charge in [0.15, 0.2) is 0 Å². The van der Waals surface area contributed by atoms with Crippen LogP contribution in [0.15, 0.2) is 5.16 Å². The van der Waals surface area contributed by atoms with Gasteiger partial charge in [-0.2, -0.15) is 5.26 Å². The third-order valence-corrected chi connectivity index (χ3v) is 4.88. The van der Waals surface area contributed by atoms with Gasteiger partial charge in [0.05, 0.1) is 17.9 Å². The van der Waals surface area contributed by atoms with E-state index in [-0.39, 0.29) is 11.7 Å². The van der Waals surface area contributed by atoms with Crippen LogP contribution in [0.5, 0.6) is 0 Å². The summed E-state index contributed by atoms with van der Waals surface area (Å²) in [5.41, 5.74) is -0.830. The Balaban J connectivity index is 1.90. The van der Waals surface area contributed by atoms with Crippen LogP contribution in [-0.2, 0) is 4.79 Å². The largest absolute Gasteiger partial charge is 0.337 e. The van der Waals surface area contributed by atoms with Gasteiger partial charge in [-0.1, -0.05) is 38.5 Å². The minimum atomic E-state index is -0.830. The highest BCUT2D eigenvalue weighted by Gasteiger charge is 2.28. The average molecular weight is 336 g/mol.